The molecule has 0 aliphatic heterocycles. The second-order valence-corrected chi connectivity index (χ2v) is 36.0. The Morgan fingerprint density at radius 2 is 0.287 bits per heavy atom. The van der Waals surface area contributed by atoms with Crippen LogP contribution in [0.25, 0.3) is 0 Å². The van der Waals surface area contributed by atoms with Gasteiger partial charge in [0.15, 0.2) is 0 Å². The molecule has 0 radical (unpaired) electrons. The highest BCUT2D eigenvalue weighted by atomic mass is 16.3. The SMILES string of the molecule is C1CC2C(C1)C1CC2C2C3CCC(C3)C12.C1CC2C(C1)C1CC2C2C3CCC(C3)C12.CC.CC.CC.CC.CC.CC.CC.CC.CC(C)(C)C.CC(C)(C)C.CC(C)(C)C.CC(C)(C)C.Oc1ccccc1.Oc1ccccc1.Oc1ccccc1.Oc1ccccc1.Oc1ccccc1.Oc1ccccc1.Oc1ccccc1. The van der Waals surface area contributed by atoms with Crippen molar-refractivity contribution < 1.29 is 35.7 Å². The van der Waals surface area contributed by atoms with E-state index >= 15 is 0 Å². The van der Waals surface area contributed by atoms with Crippen molar-refractivity contribution in [2.24, 2.45) is 116 Å². The van der Waals surface area contributed by atoms with Gasteiger partial charge in [-0.3, -0.25) is 0 Å². The summed E-state index contributed by atoms with van der Waals surface area (Å²) in [7, 11) is 0. The number of rotatable bonds is 0. The van der Waals surface area contributed by atoms with E-state index in [0.29, 0.717) is 61.9 Å². The van der Waals surface area contributed by atoms with E-state index in [4.69, 9.17) is 35.7 Å². The van der Waals surface area contributed by atoms with Gasteiger partial charge in [-0.1, -0.05) is 362 Å². The van der Waals surface area contributed by atoms with Gasteiger partial charge >= 0.3 is 0 Å². The molecule has 7 aromatic carbocycles. The van der Waals surface area contributed by atoms with Crippen LogP contribution in [-0.2, 0) is 0 Å². The minimum absolute atomic E-state index is 0.322. The van der Waals surface area contributed by atoms with Crippen LogP contribution in [0.2, 0.25) is 0 Å². The van der Waals surface area contributed by atoms with Crippen molar-refractivity contribution in [3.63, 3.8) is 0 Å². The Morgan fingerprint density at radius 3 is 0.383 bits per heavy atom. The van der Waals surface area contributed by atoms with Crippen molar-refractivity contribution in [3.8, 4) is 40.2 Å². The van der Waals surface area contributed by atoms with E-state index in [1.54, 1.807) is 260 Å². The molecule has 10 aliphatic carbocycles. The first-order valence-electron chi connectivity index (χ1n) is 45.8. The molecule has 17 rings (SSSR count). The summed E-state index contributed by atoms with van der Waals surface area (Å²) < 4.78 is 0. The van der Waals surface area contributed by atoms with E-state index in [9.17, 15) is 0 Å². The molecule has 7 nitrogen and oxygen atoms in total. The molecule has 10 saturated carbocycles. The highest BCUT2D eigenvalue weighted by Gasteiger charge is 2.67. The van der Waals surface area contributed by atoms with Crippen LogP contribution >= 0.6 is 0 Å². The lowest BCUT2D eigenvalue weighted by molar-refractivity contribution is 0.0716. The molecular weight excluding hydrogens is 1410 g/mol. The van der Waals surface area contributed by atoms with Gasteiger partial charge < -0.3 is 35.7 Å². The summed E-state index contributed by atoms with van der Waals surface area (Å²) in [5.41, 5.74) is 2.00. The largest absolute Gasteiger partial charge is 0.508 e. The van der Waals surface area contributed by atoms with Crippen LogP contribution in [0.5, 0.6) is 40.2 Å². The number of phenols is 7. The monoisotopic (exact) mass is 1590 g/mol. The third-order valence-corrected chi connectivity index (χ3v) is 19.9. The first-order chi connectivity index (χ1) is 54.6. The molecule has 10 fully saturated rings. The molecule has 7 aromatic rings. The standard InChI is InChI=1S/2C15H22.7C6H6O.4C5H12.8C2H6/c2*1-2-10-11(3-1)13-7-12(10)14-8-4-5-9(6-8)15(13)14;7*7-6-4-2-1-3-5-6;4*1-5(2,3)4;8*1-2/h2*8-15H,1-7H2;7*1-5,7H;4*1-4H3;8*1-2H3. The highest BCUT2D eigenvalue weighted by Crippen LogP contribution is 2.74. The van der Waals surface area contributed by atoms with Crippen LogP contribution in [0, 0.1) is 116 Å². The molecule has 0 spiro atoms. The Kier molecular flexibility index (Phi) is 65.8. The van der Waals surface area contributed by atoms with Gasteiger partial charge in [-0.05, 0) is 278 Å². The molecule has 16 unspecified atom stereocenters. The second-order valence-electron chi connectivity index (χ2n) is 36.0. The molecule has 115 heavy (non-hydrogen) atoms. The Balaban J connectivity index is -0.000000583. The third kappa shape index (κ3) is 51.8. The molecule has 10 aliphatic rings. The molecule has 0 heterocycles. The fraction of sp³-hybridized carbons (Fsp3) is 0.611. The van der Waals surface area contributed by atoms with E-state index in [0.717, 1.165) is 0 Å². The molecule has 0 aromatic heterocycles. The fourth-order valence-electron chi connectivity index (χ4n) is 17.6. The molecular formula is C108H182O7. The fourth-order valence-corrected chi connectivity index (χ4v) is 17.6. The van der Waals surface area contributed by atoms with Crippen LogP contribution in [0.3, 0.4) is 0 Å². The number of hydrogen-bond donors (Lipinski definition) is 7. The van der Waals surface area contributed by atoms with Gasteiger partial charge in [0.1, 0.15) is 40.2 Å². The summed E-state index contributed by atoms with van der Waals surface area (Å²) >= 11 is 0. The van der Waals surface area contributed by atoms with Crippen molar-refractivity contribution >= 4 is 0 Å². The summed E-state index contributed by atoms with van der Waals surface area (Å²) in [6.07, 6.45) is 22.8. The zero-order chi connectivity index (χ0) is 88.9. The van der Waals surface area contributed by atoms with Crippen molar-refractivity contribution in [1.29, 1.82) is 0 Å². The maximum atomic E-state index is 8.63. The molecule has 7 N–H and O–H groups in total. The van der Waals surface area contributed by atoms with Crippen molar-refractivity contribution in [1.82, 2.24) is 0 Å². The lowest BCUT2D eigenvalue weighted by Crippen LogP contribution is -2.35. The number of aromatic hydroxyl groups is 7. The number of fused-ring (bicyclic) bond motifs is 24. The number of para-hydroxylation sites is 7. The molecule has 8 bridgehead atoms. The first kappa shape index (κ1) is 114. The molecule has 0 saturated heterocycles. The molecule has 7 heteroatoms. The number of hydrogen-bond acceptors (Lipinski definition) is 7. The summed E-state index contributed by atoms with van der Waals surface area (Å²) in [5, 5.41) is 60.4. The first-order valence-corrected chi connectivity index (χ1v) is 45.8. The maximum absolute atomic E-state index is 8.63. The summed E-state index contributed by atoms with van der Waals surface area (Å²) in [5.74, 6) is 21.8. The van der Waals surface area contributed by atoms with E-state index in [-0.39, 0.29) is 0 Å². The second kappa shape index (κ2) is 66.1. The van der Waals surface area contributed by atoms with Gasteiger partial charge in [0.05, 0.1) is 0 Å². The summed E-state index contributed by atoms with van der Waals surface area (Å²) in [4.78, 5) is 0. The van der Waals surface area contributed by atoms with E-state index in [1.165, 1.54) is 94.7 Å². The third-order valence-electron chi connectivity index (χ3n) is 19.9. The van der Waals surface area contributed by atoms with Crippen LogP contribution < -0.4 is 0 Å². The predicted molar refractivity (Wildman–Crippen MR) is 509 cm³/mol. The van der Waals surface area contributed by atoms with Crippen LogP contribution in [0.1, 0.15) is 311 Å². The van der Waals surface area contributed by atoms with Crippen LogP contribution in [0.15, 0.2) is 212 Å². The topological polar surface area (TPSA) is 142 Å². The quantitative estimate of drug-likeness (QED) is 0.0750. The minimum Gasteiger partial charge on any atom is -0.508 e. The van der Waals surface area contributed by atoms with Crippen molar-refractivity contribution in [2.45, 2.75) is 311 Å². The molecule has 656 valence electrons. The molecule has 16 atom stereocenters. The lowest BCUT2D eigenvalue weighted by atomic mass is 9.64. The van der Waals surface area contributed by atoms with E-state index < -0.39 is 0 Å². The van der Waals surface area contributed by atoms with Gasteiger partial charge in [0.25, 0.3) is 0 Å². The highest BCUT2D eigenvalue weighted by molar-refractivity contribution is 5.23. The smallest absolute Gasteiger partial charge is 0.115 e. The average molecular weight is 1590 g/mol. The van der Waals surface area contributed by atoms with Gasteiger partial charge in [0, 0.05) is 0 Å². The summed E-state index contributed by atoms with van der Waals surface area (Å²) in [6.45, 7) is 67.0. The van der Waals surface area contributed by atoms with Gasteiger partial charge in [-0.25, -0.2) is 0 Å². The van der Waals surface area contributed by atoms with Gasteiger partial charge in [0.2, 0.25) is 0 Å². The van der Waals surface area contributed by atoms with Crippen LogP contribution in [-0.4, -0.2) is 35.7 Å². The van der Waals surface area contributed by atoms with Gasteiger partial charge in [-0.2, -0.15) is 0 Å². The normalized spacial score (nSPS) is 24.1. The van der Waals surface area contributed by atoms with Crippen molar-refractivity contribution in [2.75, 3.05) is 0 Å². The Bertz CT molecular complexity index is 2610. The van der Waals surface area contributed by atoms with Crippen molar-refractivity contribution in [3.05, 3.63) is 212 Å². The Hall–Kier alpha value is -6.86. The van der Waals surface area contributed by atoms with Crippen LogP contribution in [0.4, 0.5) is 0 Å². The van der Waals surface area contributed by atoms with Gasteiger partial charge in [-0.15, -0.1) is 0 Å². The van der Waals surface area contributed by atoms with E-state index in [1.807, 2.05) is 153 Å². The number of benzene rings is 7. The zero-order valence-electron chi connectivity index (χ0n) is 80.0. The average Bonchev–Trinajstić information content (AvgIpc) is 1.54. The lowest BCUT2D eigenvalue weighted by Gasteiger charge is -2.40. The number of phenolic OH excluding ortho intramolecular Hbond substituents is 7. The zero-order valence-corrected chi connectivity index (χ0v) is 80.0. The van der Waals surface area contributed by atoms with E-state index in [2.05, 4.69) is 111 Å². The molecule has 0 amide bonds. The Morgan fingerprint density at radius 1 is 0.174 bits per heavy atom. The summed E-state index contributed by atoms with van der Waals surface area (Å²) in [6, 6.07) is 61.0. The maximum Gasteiger partial charge on any atom is 0.115 e. The Labute approximate surface area is 711 Å². The predicted octanol–water partition coefficient (Wildman–Crippen LogP) is 33.6. The minimum atomic E-state index is 0.322.